The molecular weight excluding hydrogens is 556 g/mol. The van der Waals surface area contributed by atoms with Gasteiger partial charge in [-0.25, -0.2) is 4.79 Å². The van der Waals surface area contributed by atoms with Crippen molar-refractivity contribution in [3.8, 4) is 0 Å². The molecule has 11 atom stereocenters. The van der Waals surface area contributed by atoms with Gasteiger partial charge >= 0.3 is 11.9 Å². The highest BCUT2D eigenvalue weighted by molar-refractivity contribution is 5.89. The van der Waals surface area contributed by atoms with Crippen molar-refractivity contribution in [2.45, 2.75) is 116 Å². The molecule has 0 bridgehead atoms. The van der Waals surface area contributed by atoms with Gasteiger partial charge in [-0.1, -0.05) is 39.0 Å². The first-order valence-electron chi connectivity index (χ1n) is 17.3. The molecule has 44 heavy (non-hydrogen) atoms. The number of fused-ring (bicyclic) bond motifs is 5. The van der Waals surface area contributed by atoms with E-state index in [4.69, 9.17) is 18.9 Å². The Hall–Kier alpha value is -2.25. The summed E-state index contributed by atoms with van der Waals surface area (Å²) < 4.78 is 24.7. The van der Waals surface area contributed by atoms with Gasteiger partial charge in [-0.15, -0.1) is 0 Å². The van der Waals surface area contributed by atoms with Crippen molar-refractivity contribution in [2.24, 2.45) is 46.3 Å². The van der Waals surface area contributed by atoms with Gasteiger partial charge in [0.2, 0.25) is 0 Å². The molecule has 0 amide bonds. The van der Waals surface area contributed by atoms with Crippen LogP contribution in [0.1, 0.15) is 108 Å². The fourth-order valence-corrected chi connectivity index (χ4v) is 10.6. The Bertz CT molecular complexity index is 1190. The van der Waals surface area contributed by atoms with Gasteiger partial charge in [0.15, 0.2) is 6.29 Å². The smallest absolute Gasteiger partial charge is 0.338 e. The lowest BCUT2D eigenvalue weighted by Gasteiger charge is -2.64. The zero-order valence-electron chi connectivity index (χ0n) is 27.1. The molecule has 6 rings (SSSR count). The second kappa shape index (κ2) is 12.9. The molecule has 5 fully saturated rings. The van der Waals surface area contributed by atoms with Crippen molar-refractivity contribution in [2.75, 3.05) is 13.7 Å². The number of hydrogen-bond acceptors (Lipinski definition) is 7. The van der Waals surface area contributed by atoms with Crippen LogP contribution in [0.4, 0.5) is 0 Å². The zero-order valence-corrected chi connectivity index (χ0v) is 27.1. The number of rotatable bonds is 8. The molecule has 1 saturated heterocycles. The Balaban J connectivity index is 1.37. The normalized spacial score (nSPS) is 40.7. The number of methoxy groups -OCH3 is 1. The first-order chi connectivity index (χ1) is 21.1. The molecule has 242 valence electrons. The highest BCUT2D eigenvalue weighted by Crippen LogP contribution is 2.69. The van der Waals surface area contributed by atoms with Crippen LogP contribution >= 0.6 is 0 Å². The van der Waals surface area contributed by atoms with Gasteiger partial charge in [0, 0.05) is 31.3 Å². The number of benzene rings is 1. The van der Waals surface area contributed by atoms with Crippen molar-refractivity contribution in [1.82, 2.24) is 0 Å². The summed E-state index contributed by atoms with van der Waals surface area (Å²) in [5, 5.41) is 0. The van der Waals surface area contributed by atoms with Crippen molar-refractivity contribution in [3.05, 3.63) is 35.9 Å². The fourth-order valence-electron chi connectivity index (χ4n) is 10.6. The lowest BCUT2D eigenvalue weighted by molar-refractivity contribution is -0.258. The summed E-state index contributed by atoms with van der Waals surface area (Å²) >= 11 is 0. The summed E-state index contributed by atoms with van der Waals surface area (Å²) in [5.74, 6) is 1.69. The number of ether oxygens (including phenoxy) is 4. The van der Waals surface area contributed by atoms with Crippen LogP contribution in [0.2, 0.25) is 0 Å². The average molecular weight is 609 g/mol. The van der Waals surface area contributed by atoms with Crippen LogP contribution in [0.15, 0.2) is 30.3 Å². The minimum Gasteiger partial charge on any atom is -0.469 e. The molecule has 1 aromatic rings. The van der Waals surface area contributed by atoms with Crippen molar-refractivity contribution >= 4 is 17.7 Å². The molecular formula is C37H52O7. The third-order valence-electron chi connectivity index (χ3n) is 13.1. The summed E-state index contributed by atoms with van der Waals surface area (Å²) in [6.07, 6.45) is 9.76. The number of hydrogen-bond donors (Lipinski definition) is 0. The molecule has 1 aliphatic heterocycles. The number of esters is 2. The van der Waals surface area contributed by atoms with Gasteiger partial charge in [-0.2, -0.15) is 0 Å². The van der Waals surface area contributed by atoms with Gasteiger partial charge in [0.1, 0.15) is 11.9 Å². The molecule has 4 saturated carbocycles. The highest BCUT2D eigenvalue weighted by Gasteiger charge is 2.67. The van der Waals surface area contributed by atoms with Crippen LogP contribution in [-0.4, -0.2) is 49.9 Å². The Morgan fingerprint density at radius 2 is 1.84 bits per heavy atom. The SMILES string of the molecule is COC(=O)CC[C@@H](C)[C@H]1CC[C@H]2[C@@H]3[C@H](O[C@@H]4CCCCO4)CC4CC(=O)CC[C@]4(C)[C@H]3C[C@H](OC(=O)c3ccccc3)[C@]12C. The zero-order chi connectivity index (χ0) is 31.1. The van der Waals surface area contributed by atoms with E-state index in [1.807, 2.05) is 30.3 Å². The molecule has 0 N–H and O–H groups in total. The number of ketones is 1. The number of Topliss-reactive ketones (excluding diaryl/α,β-unsaturated/α-hetero) is 1. The molecule has 0 spiro atoms. The van der Waals surface area contributed by atoms with E-state index in [-0.39, 0.29) is 53.1 Å². The van der Waals surface area contributed by atoms with Crippen molar-refractivity contribution < 1.29 is 33.3 Å². The Kier molecular flexibility index (Phi) is 9.27. The van der Waals surface area contributed by atoms with Crippen LogP contribution in [0.25, 0.3) is 0 Å². The molecule has 7 heteroatoms. The van der Waals surface area contributed by atoms with Crippen LogP contribution < -0.4 is 0 Å². The standard InChI is InChI=1S/C37H52O7/c1-23(13-16-32(39)41-4)27-14-15-28-34-29(22-31(37(27,28)3)44-35(40)24-10-6-5-7-11-24)36(2)18-17-26(38)20-25(36)21-30(34)43-33-12-8-9-19-42-33/h5-7,10-11,23,25,27-31,33-34H,8-9,12-22H2,1-4H3/t23-,25?,27-,28+,29+,30-,31+,33-,34+,36+,37-/m1/s1. The van der Waals surface area contributed by atoms with Crippen molar-refractivity contribution in [3.63, 3.8) is 0 Å². The van der Waals surface area contributed by atoms with Gasteiger partial charge in [0.25, 0.3) is 0 Å². The van der Waals surface area contributed by atoms with E-state index < -0.39 is 0 Å². The Morgan fingerprint density at radius 3 is 2.57 bits per heavy atom. The third kappa shape index (κ3) is 5.77. The first-order valence-corrected chi connectivity index (χ1v) is 17.3. The summed E-state index contributed by atoms with van der Waals surface area (Å²) in [7, 11) is 1.45. The average Bonchev–Trinajstić information content (AvgIpc) is 3.39. The van der Waals surface area contributed by atoms with Gasteiger partial charge in [-0.3, -0.25) is 9.59 Å². The maximum atomic E-state index is 13.7. The molecule has 1 unspecified atom stereocenters. The Labute approximate surface area is 263 Å². The van der Waals surface area contributed by atoms with E-state index in [1.54, 1.807) is 0 Å². The number of carbonyl (C=O) groups excluding carboxylic acids is 3. The van der Waals surface area contributed by atoms with Gasteiger partial charge in [0.05, 0.1) is 18.8 Å². The van der Waals surface area contributed by atoms with Crippen LogP contribution in [0.5, 0.6) is 0 Å². The molecule has 7 nitrogen and oxygen atoms in total. The molecule has 5 aliphatic rings. The van der Waals surface area contributed by atoms with Crippen LogP contribution in [0.3, 0.4) is 0 Å². The van der Waals surface area contributed by atoms with E-state index in [2.05, 4.69) is 20.8 Å². The maximum Gasteiger partial charge on any atom is 0.338 e. The topological polar surface area (TPSA) is 88.1 Å². The van der Waals surface area contributed by atoms with Crippen LogP contribution in [-0.2, 0) is 28.5 Å². The van der Waals surface area contributed by atoms with Gasteiger partial charge < -0.3 is 18.9 Å². The Morgan fingerprint density at radius 1 is 1.05 bits per heavy atom. The fraction of sp³-hybridized carbons (Fsp3) is 0.757. The van der Waals surface area contributed by atoms with E-state index in [1.165, 1.54) is 7.11 Å². The van der Waals surface area contributed by atoms with E-state index in [0.29, 0.717) is 54.3 Å². The number of carbonyl (C=O) groups is 3. The molecule has 0 radical (unpaired) electrons. The lowest BCUT2D eigenvalue weighted by atomic mass is 9.43. The highest BCUT2D eigenvalue weighted by atomic mass is 16.7. The second-order valence-electron chi connectivity index (χ2n) is 15.1. The van der Waals surface area contributed by atoms with E-state index >= 15 is 0 Å². The largest absolute Gasteiger partial charge is 0.469 e. The molecule has 1 aromatic carbocycles. The quantitative estimate of drug-likeness (QED) is 0.229. The minimum atomic E-state index is -0.262. The first kappa shape index (κ1) is 31.7. The predicted octanol–water partition coefficient (Wildman–Crippen LogP) is 7.16. The maximum absolute atomic E-state index is 13.7. The monoisotopic (exact) mass is 608 g/mol. The predicted molar refractivity (Wildman–Crippen MR) is 166 cm³/mol. The second-order valence-corrected chi connectivity index (χ2v) is 15.1. The molecule has 4 aliphatic carbocycles. The summed E-state index contributed by atoms with van der Waals surface area (Å²) in [5.41, 5.74) is 0.318. The summed E-state index contributed by atoms with van der Waals surface area (Å²) in [6.45, 7) is 7.79. The third-order valence-corrected chi connectivity index (χ3v) is 13.1. The lowest BCUT2D eigenvalue weighted by Crippen LogP contribution is -2.63. The van der Waals surface area contributed by atoms with E-state index in [0.717, 1.165) is 64.4 Å². The minimum absolute atomic E-state index is 0.000814. The van der Waals surface area contributed by atoms with Crippen molar-refractivity contribution in [1.29, 1.82) is 0 Å². The molecule has 1 heterocycles. The summed E-state index contributed by atoms with van der Waals surface area (Å²) in [4.78, 5) is 38.6. The molecule has 0 aromatic heterocycles. The van der Waals surface area contributed by atoms with Crippen LogP contribution in [0, 0.1) is 46.3 Å². The van der Waals surface area contributed by atoms with E-state index in [9.17, 15) is 14.4 Å². The summed E-state index contributed by atoms with van der Waals surface area (Å²) in [6, 6.07) is 9.34. The van der Waals surface area contributed by atoms with Gasteiger partial charge in [-0.05, 0) is 111 Å².